The van der Waals surface area contributed by atoms with Crippen LogP contribution < -0.4 is 5.63 Å². The van der Waals surface area contributed by atoms with Crippen LogP contribution in [0.1, 0.15) is 21.7 Å². The SMILES string of the molecule is Cc1cc(=O)oc2c1ccc1oc(C(=O)c3cccc(Cl)c3)c(-c3ccc(F)cc3)c12. The Morgan fingerprint density at radius 3 is 2.48 bits per heavy atom. The molecular formula is C25H14ClFO4. The number of aryl methyl sites for hydroxylation is 1. The van der Waals surface area contributed by atoms with Gasteiger partial charge in [0.15, 0.2) is 5.76 Å². The van der Waals surface area contributed by atoms with Crippen LogP contribution >= 0.6 is 11.6 Å². The molecule has 0 amide bonds. The lowest BCUT2D eigenvalue weighted by atomic mass is 9.96. The largest absolute Gasteiger partial charge is 0.452 e. The highest BCUT2D eigenvalue weighted by molar-refractivity contribution is 6.31. The third-order valence-corrected chi connectivity index (χ3v) is 5.43. The lowest BCUT2D eigenvalue weighted by molar-refractivity contribution is 0.101. The van der Waals surface area contributed by atoms with E-state index in [0.29, 0.717) is 38.3 Å². The van der Waals surface area contributed by atoms with E-state index in [-0.39, 0.29) is 11.5 Å². The Kier molecular flexibility index (Phi) is 4.49. The third-order valence-electron chi connectivity index (χ3n) is 5.20. The molecule has 0 saturated carbocycles. The zero-order valence-corrected chi connectivity index (χ0v) is 17.0. The predicted octanol–water partition coefficient (Wildman–Crippen LogP) is 6.54. The molecule has 2 heterocycles. The molecule has 0 radical (unpaired) electrons. The molecule has 0 unspecified atom stereocenters. The van der Waals surface area contributed by atoms with Gasteiger partial charge in [0, 0.05) is 27.6 Å². The molecule has 0 atom stereocenters. The maximum absolute atomic E-state index is 13.6. The van der Waals surface area contributed by atoms with Gasteiger partial charge in [-0.05, 0) is 54.4 Å². The molecule has 0 aliphatic heterocycles. The molecule has 31 heavy (non-hydrogen) atoms. The molecule has 4 nitrogen and oxygen atoms in total. The van der Waals surface area contributed by atoms with Gasteiger partial charge in [-0.2, -0.15) is 0 Å². The number of carbonyl (C=O) groups excluding carboxylic acids is 1. The number of furan rings is 1. The van der Waals surface area contributed by atoms with Crippen molar-refractivity contribution in [2.75, 3.05) is 0 Å². The topological polar surface area (TPSA) is 60.4 Å². The highest BCUT2D eigenvalue weighted by atomic mass is 35.5. The van der Waals surface area contributed by atoms with Crippen molar-refractivity contribution in [3.63, 3.8) is 0 Å². The van der Waals surface area contributed by atoms with Gasteiger partial charge in [-0.15, -0.1) is 0 Å². The summed E-state index contributed by atoms with van der Waals surface area (Å²) < 4.78 is 25.1. The fourth-order valence-electron chi connectivity index (χ4n) is 3.77. The number of hydrogen-bond acceptors (Lipinski definition) is 4. The monoisotopic (exact) mass is 432 g/mol. The summed E-state index contributed by atoms with van der Waals surface area (Å²) in [5.41, 5.74) is 2.26. The van der Waals surface area contributed by atoms with Gasteiger partial charge in [0.1, 0.15) is 17.0 Å². The Labute approximate surface area is 180 Å². The molecule has 0 saturated heterocycles. The predicted molar refractivity (Wildman–Crippen MR) is 117 cm³/mol. The van der Waals surface area contributed by atoms with E-state index in [1.54, 1.807) is 55.5 Å². The van der Waals surface area contributed by atoms with E-state index < -0.39 is 11.4 Å². The molecule has 5 rings (SSSR count). The lowest BCUT2D eigenvalue weighted by Gasteiger charge is -2.06. The standard InChI is InChI=1S/C25H14ClFO4/c1-13-11-20(28)31-24-18(13)9-10-19-22(24)21(14-5-7-17(27)8-6-14)25(30-19)23(29)15-3-2-4-16(26)12-15/h2-12H,1H3. The number of carbonyl (C=O) groups is 1. The van der Waals surface area contributed by atoms with Crippen LogP contribution in [0.4, 0.5) is 4.39 Å². The summed E-state index contributed by atoms with van der Waals surface area (Å²) in [5, 5.41) is 1.62. The van der Waals surface area contributed by atoms with E-state index in [1.807, 2.05) is 0 Å². The zero-order chi connectivity index (χ0) is 21.7. The van der Waals surface area contributed by atoms with Gasteiger partial charge in [-0.3, -0.25) is 4.79 Å². The van der Waals surface area contributed by atoms with Gasteiger partial charge >= 0.3 is 5.63 Å². The molecule has 0 aliphatic carbocycles. The van der Waals surface area contributed by atoms with Crippen molar-refractivity contribution in [1.82, 2.24) is 0 Å². The van der Waals surface area contributed by atoms with Crippen LogP contribution in [-0.2, 0) is 0 Å². The van der Waals surface area contributed by atoms with Crippen LogP contribution in [0.15, 0.2) is 80.4 Å². The summed E-state index contributed by atoms with van der Waals surface area (Å²) >= 11 is 6.07. The normalized spacial score (nSPS) is 11.3. The van der Waals surface area contributed by atoms with E-state index in [2.05, 4.69) is 0 Å². The maximum atomic E-state index is 13.6. The lowest BCUT2D eigenvalue weighted by Crippen LogP contribution is -2.02. The summed E-state index contributed by atoms with van der Waals surface area (Å²) in [7, 11) is 0. The second-order valence-electron chi connectivity index (χ2n) is 7.22. The first-order chi connectivity index (χ1) is 14.9. The van der Waals surface area contributed by atoms with Crippen LogP contribution in [0, 0.1) is 12.7 Å². The quantitative estimate of drug-likeness (QED) is 0.240. The number of fused-ring (bicyclic) bond motifs is 3. The molecule has 0 fully saturated rings. The Hall–Kier alpha value is -3.70. The minimum Gasteiger partial charge on any atom is -0.452 e. The number of ketones is 1. The maximum Gasteiger partial charge on any atom is 0.336 e. The van der Waals surface area contributed by atoms with Gasteiger partial charge in [0.05, 0.1) is 5.39 Å². The van der Waals surface area contributed by atoms with E-state index in [4.69, 9.17) is 20.4 Å². The van der Waals surface area contributed by atoms with Crippen molar-refractivity contribution < 1.29 is 18.0 Å². The van der Waals surface area contributed by atoms with Crippen molar-refractivity contribution in [3.05, 3.63) is 105 Å². The van der Waals surface area contributed by atoms with E-state index in [9.17, 15) is 14.0 Å². The molecule has 0 spiro atoms. The molecule has 5 aromatic rings. The minimum atomic E-state index is -0.508. The van der Waals surface area contributed by atoms with E-state index >= 15 is 0 Å². The molecule has 0 N–H and O–H groups in total. The molecule has 2 aromatic heterocycles. The molecule has 6 heteroatoms. The number of halogens is 2. The molecule has 0 bridgehead atoms. The van der Waals surface area contributed by atoms with Crippen molar-refractivity contribution in [2.45, 2.75) is 6.92 Å². The van der Waals surface area contributed by atoms with Gasteiger partial charge in [-0.1, -0.05) is 35.9 Å². The number of benzene rings is 3. The third kappa shape index (κ3) is 3.23. The summed E-state index contributed by atoms with van der Waals surface area (Å²) in [4.78, 5) is 25.5. The smallest absolute Gasteiger partial charge is 0.336 e. The Balaban J connectivity index is 1.90. The summed E-state index contributed by atoms with van der Waals surface area (Å²) in [6.45, 7) is 1.81. The Morgan fingerprint density at radius 2 is 1.74 bits per heavy atom. The number of rotatable bonds is 3. The van der Waals surface area contributed by atoms with Gasteiger partial charge in [0.25, 0.3) is 0 Å². The van der Waals surface area contributed by atoms with Crippen molar-refractivity contribution >= 4 is 39.3 Å². The van der Waals surface area contributed by atoms with Crippen LogP contribution in [0.25, 0.3) is 33.1 Å². The second kappa shape index (κ2) is 7.22. The van der Waals surface area contributed by atoms with Gasteiger partial charge in [-0.25, -0.2) is 9.18 Å². The van der Waals surface area contributed by atoms with Gasteiger partial charge in [0.2, 0.25) is 5.78 Å². The molecular weight excluding hydrogens is 419 g/mol. The molecule has 152 valence electrons. The van der Waals surface area contributed by atoms with Crippen LogP contribution in [0.5, 0.6) is 0 Å². The summed E-state index contributed by atoms with van der Waals surface area (Å²) in [5.74, 6) is -0.742. The van der Waals surface area contributed by atoms with Crippen molar-refractivity contribution in [2.24, 2.45) is 0 Å². The average Bonchev–Trinajstić information content (AvgIpc) is 3.14. The van der Waals surface area contributed by atoms with Gasteiger partial charge < -0.3 is 8.83 Å². The van der Waals surface area contributed by atoms with Crippen LogP contribution in [-0.4, -0.2) is 5.78 Å². The first kappa shape index (κ1) is 19.3. The minimum absolute atomic E-state index is 0.0560. The molecule has 0 aliphatic rings. The van der Waals surface area contributed by atoms with Crippen molar-refractivity contribution in [1.29, 1.82) is 0 Å². The van der Waals surface area contributed by atoms with E-state index in [1.165, 1.54) is 18.2 Å². The highest BCUT2D eigenvalue weighted by Gasteiger charge is 2.26. The van der Waals surface area contributed by atoms with Crippen LogP contribution in [0.3, 0.4) is 0 Å². The summed E-state index contributed by atoms with van der Waals surface area (Å²) in [6, 6.07) is 17.2. The fraction of sp³-hybridized carbons (Fsp3) is 0.0400. The number of hydrogen-bond donors (Lipinski definition) is 0. The fourth-order valence-corrected chi connectivity index (χ4v) is 3.96. The molecule has 3 aromatic carbocycles. The average molecular weight is 433 g/mol. The zero-order valence-electron chi connectivity index (χ0n) is 16.2. The summed E-state index contributed by atoms with van der Waals surface area (Å²) in [6.07, 6.45) is 0. The second-order valence-corrected chi connectivity index (χ2v) is 7.65. The van der Waals surface area contributed by atoms with Crippen LogP contribution in [0.2, 0.25) is 5.02 Å². The van der Waals surface area contributed by atoms with E-state index in [0.717, 1.165) is 10.9 Å². The highest BCUT2D eigenvalue weighted by Crippen LogP contribution is 2.40. The Morgan fingerprint density at radius 1 is 0.968 bits per heavy atom. The first-order valence-electron chi connectivity index (χ1n) is 9.48. The first-order valence-corrected chi connectivity index (χ1v) is 9.86. The Bertz CT molecular complexity index is 1540. The van der Waals surface area contributed by atoms with Crippen molar-refractivity contribution in [3.8, 4) is 11.1 Å².